The number of ether oxygens (including phenoxy) is 2. The Bertz CT molecular complexity index is 1170. The summed E-state index contributed by atoms with van der Waals surface area (Å²) < 4.78 is 29.8. The molecular weight excluding hydrogens is 527 g/mol. The Kier molecular flexibility index (Phi) is 8.62. The first-order valence-electron chi connectivity index (χ1n) is 12.3. The largest absolute Gasteiger partial charge is 0.387 e. The number of aliphatic hydroxyl groups excluding tert-OH is 2. The van der Waals surface area contributed by atoms with Crippen LogP contribution in [0, 0.1) is 5.41 Å². The summed E-state index contributed by atoms with van der Waals surface area (Å²) in [5.74, 6) is 0.268. The standard InChI is InChI=1S/C23H34ClN4O8P/c1-23(2,3)16(29)11-35-37(32,33)12-34-10-15-17(30)18(31)21(36-15)28-9-8-14-19(25-13-6-4-5-7-13)26-22(24)27-20(14)28/h8-9,13,15,17-18,21,30-31H,4-7,10-12H2,1-3H3,(H,32,33)(H,25,26,27)/t15-,17-,18-,21-/m1/s1. The smallest absolute Gasteiger partial charge is 0.353 e. The molecule has 1 aliphatic carbocycles. The van der Waals surface area contributed by atoms with Gasteiger partial charge in [0.05, 0.1) is 12.0 Å². The van der Waals surface area contributed by atoms with Crippen LogP contribution >= 0.6 is 19.2 Å². The maximum absolute atomic E-state index is 12.2. The number of carbonyl (C=O) groups is 1. The number of nitrogens with zero attached hydrogens (tertiary/aromatic N) is 3. The van der Waals surface area contributed by atoms with Gasteiger partial charge in [-0.3, -0.25) is 13.9 Å². The molecule has 37 heavy (non-hydrogen) atoms. The highest BCUT2D eigenvalue weighted by molar-refractivity contribution is 7.52. The van der Waals surface area contributed by atoms with E-state index in [1.165, 1.54) is 0 Å². The summed E-state index contributed by atoms with van der Waals surface area (Å²) in [4.78, 5) is 30.5. The van der Waals surface area contributed by atoms with E-state index in [1.807, 2.05) is 0 Å². The van der Waals surface area contributed by atoms with Crippen molar-refractivity contribution in [3.63, 3.8) is 0 Å². The maximum Gasteiger partial charge on any atom is 0.353 e. The van der Waals surface area contributed by atoms with E-state index in [0.29, 0.717) is 22.9 Å². The maximum atomic E-state index is 12.2. The summed E-state index contributed by atoms with van der Waals surface area (Å²) in [6.45, 7) is 4.22. The molecule has 1 aliphatic heterocycles. The number of Topliss-reactive ketones (excluding diaryl/α,β-unsaturated/α-hetero) is 1. The van der Waals surface area contributed by atoms with Crippen LogP contribution in [0.1, 0.15) is 52.7 Å². The van der Waals surface area contributed by atoms with Gasteiger partial charge >= 0.3 is 7.60 Å². The SMILES string of the molecule is CC(C)(C)C(=O)COP(=O)(O)COC[C@H]1O[C@@H](n2ccc3c(NC4CCCC4)nc(Cl)nc32)[C@H](O)[C@@H]1O. The summed E-state index contributed by atoms with van der Waals surface area (Å²) in [6.07, 6.45) is 0.679. The Balaban J connectivity index is 1.39. The normalized spacial score (nSPS) is 26.6. The van der Waals surface area contributed by atoms with E-state index in [4.69, 9.17) is 25.6 Å². The third-order valence-electron chi connectivity index (χ3n) is 6.62. The van der Waals surface area contributed by atoms with Crippen LogP contribution in [0.3, 0.4) is 0 Å². The third kappa shape index (κ3) is 6.69. The molecule has 1 saturated carbocycles. The number of aliphatic hydroxyl groups is 2. The molecule has 14 heteroatoms. The molecule has 1 saturated heterocycles. The van der Waals surface area contributed by atoms with Gasteiger partial charge in [-0.15, -0.1) is 0 Å². The molecule has 0 aromatic carbocycles. The van der Waals surface area contributed by atoms with Gasteiger partial charge in [0.1, 0.15) is 42.7 Å². The van der Waals surface area contributed by atoms with Gasteiger partial charge in [0.25, 0.3) is 0 Å². The Morgan fingerprint density at radius 1 is 1.27 bits per heavy atom. The fourth-order valence-electron chi connectivity index (χ4n) is 4.38. The minimum Gasteiger partial charge on any atom is -0.387 e. The van der Waals surface area contributed by atoms with Crippen LogP contribution in [-0.4, -0.2) is 79.3 Å². The van der Waals surface area contributed by atoms with Gasteiger partial charge in [-0.2, -0.15) is 4.98 Å². The average Bonchev–Trinajstić information content (AvgIpc) is 3.53. The summed E-state index contributed by atoms with van der Waals surface area (Å²) in [5, 5.41) is 25.4. The lowest BCUT2D eigenvalue weighted by molar-refractivity contribution is -0.128. The van der Waals surface area contributed by atoms with Crippen molar-refractivity contribution in [2.24, 2.45) is 5.41 Å². The second kappa shape index (κ2) is 11.2. The number of rotatable bonds is 10. The lowest BCUT2D eigenvalue weighted by Crippen LogP contribution is -2.34. The van der Waals surface area contributed by atoms with Crippen molar-refractivity contribution in [1.82, 2.24) is 14.5 Å². The molecule has 206 valence electrons. The molecule has 1 unspecified atom stereocenters. The average molecular weight is 561 g/mol. The molecule has 0 amide bonds. The van der Waals surface area contributed by atoms with E-state index < -0.39 is 50.5 Å². The highest BCUT2D eigenvalue weighted by Crippen LogP contribution is 2.42. The van der Waals surface area contributed by atoms with Gasteiger partial charge < -0.3 is 34.5 Å². The fraction of sp³-hybridized carbons (Fsp3) is 0.696. The number of carbonyl (C=O) groups excluding carboxylic acids is 1. The molecule has 0 radical (unpaired) electrons. The monoisotopic (exact) mass is 560 g/mol. The number of ketones is 1. The summed E-state index contributed by atoms with van der Waals surface area (Å²) in [6, 6.07) is 2.08. The van der Waals surface area contributed by atoms with Gasteiger partial charge in [-0.25, -0.2) is 4.98 Å². The third-order valence-corrected chi connectivity index (χ3v) is 7.83. The van der Waals surface area contributed by atoms with Crippen molar-refractivity contribution in [2.45, 2.75) is 77.0 Å². The molecule has 4 N–H and O–H groups in total. The van der Waals surface area contributed by atoms with Crippen molar-refractivity contribution < 1.29 is 38.5 Å². The van der Waals surface area contributed by atoms with Gasteiger partial charge in [-0.1, -0.05) is 33.6 Å². The Labute approximate surface area is 219 Å². The molecule has 2 aromatic heterocycles. The minimum absolute atomic E-state index is 0.0319. The minimum atomic E-state index is -4.21. The predicted octanol–water partition coefficient (Wildman–Crippen LogP) is 2.85. The summed E-state index contributed by atoms with van der Waals surface area (Å²) in [7, 11) is -4.21. The van der Waals surface area contributed by atoms with Crippen LogP contribution in [0.25, 0.3) is 11.0 Å². The van der Waals surface area contributed by atoms with Crippen molar-refractivity contribution in [1.29, 1.82) is 0 Å². The zero-order chi connectivity index (χ0) is 27.0. The predicted molar refractivity (Wildman–Crippen MR) is 135 cm³/mol. The summed E-state index contributed by atoms with van der Waals surface area (Å²) >= 11 is 6.19. The second-order valence-corrected chi connectivity index (χ2v) is 12.7. The lowest BCUT2D eigenvalue weighted by Gasteiger charge is -2.19. The van der Waals surface area contributed by atoms with Crippen LogP contribution in [-0.2, 0) is 23.4 Å². The zero-order valence-corrected chi connectivity index (χ0v) is 22.7. The molecule has 3 heterocycles. The number of anilines is 1. The fourth-order valence-corrected chi connectivity index (χ4v) is 5.27. The van der Waals surface area contributed by atoms with Gasteiger partial charge in [0.2, 0.25) is 5.28 Å². The van der Waals surface area contributed by atoms with Gasteiger partial charge in [0, 0.05) is 17.7 Å². The van der Waals surface area contributed by atoms with Gasteiger partial charge in [0.15, 0.2) is 12.0 Å². The molecule has 0 spiro atoms. The number of halogens is 1. The molecule has 2 fully saturated rings. The van der Waals surface area contributed by atoms with E-state index in [-0.39, 0.29) is 17.7 Å². The van der Waals surface area contributed by atoms with E-state index in [2.05, 4.69) is 15.3 Å². The Morgan fingerprint density at radius 3 is 2.65 bits per heavy atom. The highest BCUT2D eigenvalue weighted by atomic mass is 35.5. The van der Waals surface area contributed by atoms with Crippen LogP contribution in [0.2, 0.25) is 5.28 Å². The van der Waals surface area contributed by atoms with Crippen molar-refractivity contribution in [2.75, 3.05) is 24.9 Å². The molecule has 2 aromatic rings. The van der Waals surface area contributed by atoms with Crippen LogP contribution < -0.4 is 5.32 Å². The Morgan fingerprint density at radius 2 is 1.97 bits per heavy atom. The number of fused-ring (bicyclic) bond motifs is 1. The zero-order valence-electron chi connectivity index (χ0n) is 21.0. The quantitative estimate of drug-likeness (QED) is 0.249. The van der Waals surface area contributed by atoms with Gasteiger partial charge in [-0.05, 0) is 30.5 Å². The first kappa shape index (κ1) is 28.4. The summed E-state index contributed by atoms with van der Waals surface area (Å²) in [5.41, 5.74) is -0.283. The number of hydrogen-bond donors (Lipinski definition) is 4. The molecule has 12 nitrogen and oxygen atoms in total. The second-order valence-electron chi connectivity index (χ2n) is 10.6. The lowest BCUT2D eigenvalue weighted by atomic mass is 9.91. The van der Waals surface area contributed by atoms with Crippen LogP contribution in [0.15, 0.2) is 12.3 Å². The Hall–Kier alpha value is -1.63. The molecular formula is C23H34ClN4O8P. The van der Waals surface area contributed by atoms with Crippen LogP contribution in [0.5, 0.6) is 0 Å². The van der Waals surface area contributed by atoms with E-state index >= 15 is 0 Å². The number of hydrogen-bond acceptors (Lipinski definition) is 10. The van der Waals surface area contributed by atoms with E-state index in [0.717, 1.165) is 25.7 Å². The number of nitrogens with one attached hydrogen (secondary N) is 1. The molecule has 4 rings (SSSR count). The van der Waals surface area contributed by atoms with E-state index in [1.54, 1.807) is 37.6 Å². The molecule has 0 bridgehead atoms. The van der Waals surface area contributed by atoms with Crippen molar-refractivity contribution in [3.8, 4) is 0 Å². The van der Waals surface area contributed by atoms with Crippen molar-refractivity contribution in [3.05, 3.63) is 17.5 Å². The van der Waals surface area contributed by atoms with E-state index in [9.17, 15) is 24.5 Å². The highest BCUT2D eigenvalue weighted by Gasteiger charge is 2.44. The first-order chi connectivity index (χ1) is 17.4. The topological polar surface area (TPSA) is 165 Å². The molecule has 2 aliphatic rings. The molecule has 5 atom stereocenters. The van der Waals surface area contributed by atoms with Crippen molar-refractivity contribution >= 4 is 41.8 Å². The number of aromatic nitrogens is 3. The first-order valence-corrected chi connectivity index (χ1v) is 14.4. The van der Waals surface area contributed by atoms with Crippen LogP contribution in [0.4, 0.5) is 5.82 Å².